The SMILES string of the molecule is Cc1cc(C2CCCN2C(=O)C2CCN(c3ncccn3)CC2)no1. The van der Waals surface area contributed by atoms with E-state index in [4.69, 9.17) is 4.52 Å². The molecule has 0 bridgehead atoms. The Labute approximate surface area is 147 Å². The van der Waals surface area contributed by atoms with Crippen LogP contribution in [0, 0.1) is 12.8 Å². The van der Waals surface area contributed by atoms with E-state index in [-0.39, 0.29) is 17.9 Å². The molecule has 25 heavy (non-hydrogen) atoms. The second-order valence-corrected chi connectivity index (χ2v) is 6.86. The third-order valence-electron chi connectivity index (χ3n) is 5.20. The van der Waals surface area contributed by atoms with Gasteiger partial charge in [-0.05, 0) is 38.7 Å². The molecule has 4 heterocycles. The van der Waals surface area contributed by atoms with Crippen LogP contribution < -0.4 is 4.90 Å². The zero-order chi connectivity index (χ0) is 17.2. The fourth-order valence-electron chi connectivity index (χ4n) is 3.90. The van der Waals surface area contributed by atoms with Gasteiger partial charge in [-0.2, -0.15) is 0 Å². The van der Waals surface area contributed by atoms with Crippen molar-refractivity contribution in [1.82, 2.24) is 20.0 Å². The van der Waals surface area contributed by atoms with Gasteiger partial charge in [0, 0.05) is 44.0 Å². The monoisotopic (exact) mass is 341 g/mol. The number of carbonyl (C=O) groups is 1. The Balaban J connectivity index is 1.40. The summed E-state index contributed by atoms with van der Waals surface area (Å²) in [5, 5.41) is 4.13. The second kappa shape index (κ2) is 6.82. The summed E-state index contributed by atoms with van der Waals surface area (Å²) in [5.41, 5.74) is 0.887. The van der Waals surface area contributed by atoms with E-state index in [0.29, 0.717) is 0 Å². The molecule has 4 rings (SSSR count). The van der Waals surface area contributed by atoms with Gasteiger partial charge in [0.15, 0.2) is 0 Å². The van der Waals surface area contributed by atoms with E-state index in [2.05, 4.69) is 20.0 Å². The number of likely N-dealkylation sites (tertiary alicyclic amines) is 1. The first-order valence-electron chi connectivity index (χ1n) is 8.98. The minimum Gasteiger partial charge on any atom is -0.361 e. The average Bonchev–Trinajstić information content (AvgIpc) is 3.31. The maximum atomic E-state index is 13.1. The molecule has 2 aromatic rings. The third-order valence-corrected chi connectivity index (χ3v) is 5.20. The number of amides is 1. The first kappa shape index (κ1) is 16.1. The van der Waals surface area contributed by atoms with Crippen LogP contribution in [0.1, 0.15) is 43.2 Å². The van der Waals surface area contributed by atoms with Crippen LogP contribution in [-0.2, 0) is 4.79 Å². The number of piperidine rings is 1. The molecule has 2 fully saturated rings. The summed E-state index contributed by atoms with van der Waals surface area (Å²) in [5.74, 6) is 1.89. The van der Waals surface area contributed by atoms with E-state index in [1.165, 1.54) is 0 Å². The number of aromatic nitrogens is 3. The van der Waals surface area contributed by atoms with Gasteiger partial charge in [-0.25, -0.2) is 9.97 Å². The molecule has 0 saturated carbocycles. The predicted octanol–water partition coefficient (Wildman–Crippen LogP) is 2.35. The number of anilines is 1. The van der Waals surface area contributed by atoms with Crippen LogP contribution in [-0.4, -0.2) is 45.6 Å². The van der Waals surface area contributed by atoms with Crippen LogP contribution in [0.5, 0.6) is 0 Å². The summed E-state index contributed by atoms with van der Waals surface area (Å²) in [4.78, 5) is 25.8. The van der Waals surface area contributed by atoms with Crippen LogP contribution in [0.3, 0.4) is 0 Å². The molecule has 2 aromatic heterocycles. The van der Waals surface area contributed by atoms with Crippen molar-refractivity contribution in [2.75, 3.05) is 24.5 Å². The van der Waals surface area contributed by atoms with E-state index in [0.717, 1.165) is 62.7 Å². The van der Waals surface area contributed by atoms with Gasteiger partial charge in [0.05, 0.1) is 6.04 Å². The van der Waals surface area contributed by atoms with Gasteiger partial charge < -0.3 is 14.3 Å². The summed E-state index contributed by atoms with van der Waals surface area (Å²) < 4.78 is 5.20. The minimum absolute atomic E-state index is 0.0698. The molecule has 0 aromatic carbocycles. The summed E-state index contributed by atoms with van der Waals surface area (Å²) in [6.45, 7) is 4.35. The lowest BCUT2D eigenvalue weighted by molar-refractivity contribution is -0.137. The van der Waals surface area contributed by atoms with E-state index in [9.17, 15) is 4.79 Å². The van der Waals surface area contributed by atoms with Crippen LogP contribution in [0.15, 0.2) is 29.0 Å². The summed E-state index contributed by atoms with van der Waals surface area (Å²) in [7, 11) is 0. The van der Waals surface area contributed by atoms with Crippen molar-refractivity contribution in [1.29, 1.82) is 0 Å². The summed E-state index contributed by atoms with van der Waals surface area (Å²) >= 11 is 0. The Morgan fingerprint density at radius 3 is 2.60 bits per heavy atom. The Kier molecular flexibility index (Phi) is 4.38. The van der Waals surface area contributed by atoms with Gasteiger partial charge >= 0.3 is 0 Å². The minimum atomic E-state index is 0.0698. The predicted molar refractivity (Wildman–Crippen MR) is 91.9 cm³/mol. The number of nitrogens with zero attached hydrogens (tertiary/aromatic N) is 5. The normalized spacial score (nSPS) is 21.7. The largest absolute Gasteiger partial charge is 0.361 e. The molecule has 1 amide bonds. The van der Waals surface area contributed by atoms with Gasteiger partial charge in [-0.1, -0.05) is 5.16 Å². The van der Waals surface area contributed by atoms with E-state index < -0.39 is 0 Å². The van der Waals surface area contributed by atoms with Crippen molar-refractivity contribution >= 4 is 11.9 Å². The van der Waals surface area contributed by atoms with Crippen LogP contribution in [0.4, 0.5) is 5.95 Å². The molecule has 0 aliphatic carbocycles. The molecule has 1 unspecified atom stereocenters. The Bertz CT molecular complexity index is 724. The number of hydrogen-bond donors (Lipinski definition) is 0. The maximum absolute atomic E-state index is 13.1. The quantitative estimate of drug-likeness (QED) is 0.853. The van der Waals surface area contributed by atoms with E-state index in [1.54, 1.807) is 12.4 Å². The molecule has 0 N–H and O–H groups in total. The van der Waals surface area contributed by atoms with Gasteiger partial charge in [-0.15, -0.1) is 0 Å². The van der Waals surface area contributed by atoms with Crippen LogP contribution in [0.25, 0.3) is 0 Å². The van der Waals surface area contributed by atoms with Crippen molar-refractivity contribution in [3.8, 4) is 0 Å². The third kappa shape index (κ3) is 3.23. The standard InChI is InChI=1S/C18H23N5O2/c1-13-12-15(21-25-13)16-4-2-9-23(16)17(24)14-5-10-22(11-6-14)18-19-7-3-8-20-18/h3,7-8,12,14,16H,2,4-6,9-11H2,1H3. The van der Waals surface area contributed by atoms with Gasteiger partial charge in [0.25, 0.3) is 0 Å². The zero-order valence-electron chi connectivity index (χ0n) is 14.5. The van der Waals surface area contributed by atoms with Crippen molar-refractivity contribution in [3.63, 3.8) is 0 Å². The fraction of sp³-hybridized carbons (Fsp3) is 0.556. The van der Waals surface area contributed by atoms with Gasteiger partial charge in [-0.3, -0.25) is 4.79 Å². The lowest BCUT2D eigenvalue weighted by Crippen LogP contribution is -2.42. The number of hydrogen-bond acceptors (Lipinski definition) is 6. The van der Waals surface area contributed by atoms with Crippen molar-refractivity contribution in [3.05, 3.63) is 36.0 Å². The maximum Gasteiger partial charge on any atom is 0.226 e. The van der Waals surface area contributed by atoms with Crippen molar-refractivity contribution in [2.24, 2.45) is 5.92 Å². The number of carbonyl (C=O) groups excluding carboxylic acids is 1. The molecule has 7 nitrogen and oxygen atoms in total. The van der Waals surface area contributed by atoms with Crippen molar-refractivity contribution in [2.45, 2.75) is 38.6 Å². The zero-order valence-corrected chi connectivity index (χ0v) is 14.5. The molecule has 132 valence electrons. The summed E-state index contributed by atoms with van der Waals surface area (Å²) in [6, 6.07) is 3.84. The number of rotatable bonds is 3. The van der Waals surface area contributed by atoms with Gasteiger partial charge in [0.2, 0.25) is 11.9 Å². The highest BCUT2D eigenvalue weighted by Gasteiger charge is 2.36. The smallest absolute Gasteiger partial charge is 0.226 e. The molecule has 1 atom stereocenters. The Morgan fingerprint density at radius 1 is 1.16 bits per heavy atom. The van der Waals surface area contributed by atoms with Crippen LogP contribution in [0.2, 0.25) is 0 Å². The van der Waals surface area contributed by atoms with E-state index >= 15 is 0 Å². The van der Waals surface area contributed by atoms with Crippen molar-refractivity contribution < 1.29 is 9.32 Å². The molecule has 0 radical (unpaired) electrons. The molecule has 2 aliphatic heterocycles. The highest BCUT2D eigenvalue weighted by Crippen LogP contribution is 2.34. The second-order valence-electron chi connectivity index (χ2n) is 6.86. The molecule has 2 aliphatic rings. The van der Waals surface area contributed by atoms with Gasteiger partial charge in [0.1, 0.15) is 11.5 Å². The first-order valence-corrected chi connectivity index (χ1v) is 8.98. The first-order chi connectivity index (χ1) is 12.2. The Morgan fingerprint density at radius 2 is 1.92 bits per heavy atom. The molecular formula is C18H23N5O2. The highest BCUT2D eigenvalue weighted by molar-refractivity contribution is 5.80. The summed E-state index contributed by atoms with van der Waals surface area (Å²) in [6.07, 6.45) is 7.20. The van der Waals surface area contributed by atoms with Crippen LogP contribution >= 0.6 is 0 Å². The molecule has 0 spiro atoms. The average molecular weight is 341 g/mol. The number of aryl methyl sites for hydroxylation is 1. The lowest BCUT2D eigenvalue weighted by atomic mass is 9.95. The van der Waals surface area contributed by atoms with E-state index in [1.807, 2.05) is 24.0 Å². The lowest BCUT2D eigenvalue weighted by Gasteiger charge is -2.34. The molecule has 7 heteroatoms. The highest BCUT2D eigenvalue weighted by atomic mass is 16.5. The molecule has 2 saturated heterocycles. The topological polar surface area (TPSA) is 75.4 Å². The Hall–Kier alpha value is -2.44. The molecular weight excluding hydrogens is 318 g/mol. The fourth-order valence-corrected chi connectivity index (χ4v) is 3.90.